The van der Waals surface area contributed by atoms with Crippen LogP contribution in [-0.4, -0.2) is 15.0 Å². The summed E-state index contributed by atoms with van der Waals surface area (Å²) in [4.78, 5) is 15.2. The molecule has 9 aromatic rings. The van der Waals surface area contributed by atoms with Crippen molar-refractivity contribution in [3.8, 4) is 45.3 Å². The highest BCUT2D eigenvalue weighted by Crippen LogP contribution is 2.35. The average Bonchev–Trinajstić information content (AvgIpc) is 3.47. The molecular weight excluding hydrogens is 550 g/mol. The normalized spacial score (nSPS) is 11.6. The maximum atomic E-state index is 6.28. The molecule has 9 rings (SSSR count). The fourth-order valence-electron chi connectivity index (χ4n) is 6.16. The third-order valence-electron chi connectivity index (χ3n) is 8.47. The summed E-state index contributed by atoms with van der Waals surface area (Å²) in [6.45, 7) is 0. The van der Waals surface area contributed by atoms with E-state index in [1.54, 1.807) is 0 Å². The van der Waals surface area contributed by atoms with E-state index >= 15 is 0 Å². The van der Waals surface area contributed by atoms with E-state index in [1.165, 1.54) is 10.8 Å². The zero-order valence-corrected chi connectivity index (χ0v) is 24.2. The van der Waals surface area contributed by atoms with Crippen molar-refractivity contribution in [1.82, 2.24) is 15.0 Å². The van der Waals surface area contributed by atoms with Crippen LogP contribution >= 0.6 is 0 Å². The number of aromatic nitrogens is 3. The maximum absolute atomic E-state index is 6.28. The van der Waals surface area contributed by atoms with E-state index in [9.17, 15) is 0 Å². The fraction of sp³-hybridized carbons (Fsp3) is 0. The molecule has 0 N–H and O–H groups in total. The second kappa shape index (κ2) is 10.2. The minimum absolute atomic E-state index is 0.616. The highest BCUT2D eigenvalue weighted by molar-refractivity contribution is 6.10. The Morgan fingerprint density at radius 1 is 0.311 bits per heavy atom. The number of furan rings is 1. The molecule has 0 amide bonds. The number of rotatable bonds is 4. The van der Waals surface area contributed by atoms with E-state index in [0.29, 0.717) is 17.5 Å². The number of hydrogen-bond acceptors (Lipinski definition) is 4. The topological polar surface area (TPSA) is 51.8 Å². The summed E-state index contributed by atoms with van der Waals surface area (Å²) in [7, 11) is 0. The molecule has 7 aromatic carbocycles. The molecule has 2 heterocycles. The van der Waals surface area contributed by atoms with E-state index in [4.69, 9.17) is 19.4 Å². The van der Waals surface area contributed by atoms with Crippen molar-refractivity contribution in [2.24, 2.45) is 0 Å². The number of hydrogen-bond donors (Lipinski definition) is 0. The molecule has 0 spiro atoms. The van der Waals surface area contributed by atoms with Crippen LogP contribution in [0.15, 0.2) is 156 Å². The van der Waals surface area contributed by atoms with E-state index in [2.05, 4.69) is 133 Å². The van der Waals surface area contributed by atoms with Crippen molar-refractivity contribution >= 4 is 43.5 Å². The van der Waals surface area contributed by atoms with E-state index in [1.807, 2.05) is 18.2 Å². The van der Waals surface area contributed by atoms with E-state index < -0.39 is 0 Å². The van der Waals surface area contributed by atoms with Crippen LogP contribution in [-0.2, 0) is 0 Å². The summed E-state index contributed by atoms with van der Waals surface area (Å²) in [6.07, 6.45) is 0. The van der Waals surface area contributed by atoms with Crippen LogP contribution < -0.4 is 0 Å². The Hall–Kier alpha value is -6.13. The zero-order chi connectivity index (χ0) is 29.7. The Morgan fingerprint density at radius 2 is 0.844 bits per heavy atom. The largest absolute Gasteiger partial charge is 0.456 e. The van der Waals surface area contributed by atoms with Crippen LogP contribution in [0.25, 0.3) is 88.8 Å². The van der Waals surface area contributed by atoms with Crippen molar-refractivity contribution in [1.29, 1.82) is 0 Å². The van der Waals surface area contributed by atoms with Gasteiger partial charge in [0.1, 0.15) is 11.2 Å². The standard InChI is InChI=1S/C41H25N3O/c1-2-9-26(10-3-1)29-15-8-16-32(21-29)39-42-40(33-18-17-27-11-4-5-12-28(27)22-33)44-41(43-39)34-19-20-37-35(24-34)36-23-30-13-6-7-14-31(30)25-38(36)45-37/h1-25H. The van der Waals surface area contributed by atoms with Crippen LogP contribution in [0, 0.1) is 0 Å². The molecule has 4 nitrogen and oxygen atoms in total. The molecule has 0 aliphatic rings. The van der Waals surface area contributed by atoms with Crippen LogP contribution in [0.1, 0.15) is 0 Å². The lowest BCUT2D eigenvalue weighted by Crippen LogP contribution is -2.00. The Balaban J connectivity index is 1.24. The second-order valence-corrected chi connectivity index (χ2v) is 11.3. The Morgan fingerprint density at radius 3 is 1.60 bits per heavy atom. The maximum Gasteiger partial charge on any atom is 0.164 e. The molecule has 0 fully saturated rings. The highest BCUT2D eigenvalue weighted by Gasteiger charge is 2.16. The van der Waals surface area contributed by atoms with Gasteiger partial charge in [-0.2, -0.15) is 0 Å². The first kappa shape index (κ1) is 25.4. The monoisotopic (exact) mass is 575 g/mol. The molecular formula is C41H25N3O. The predicted octanol–water partition coefficient (Wildman–Crippen LogP) is 10.7. The van der Waals surface area contributed by atoms with Crippen molar-refractivity contribution in [3.63, 3.8) is 0 Å². The average molecular weight is 576 g/mol. The molecule has 45 heavy (non-hydrogen) atoms. The first-order chi connectivity index (χ1) is 22.2. The highest BCUT2D eigenvalue weighted by atomic mass is 16.3. The van der Waals surface area contributed by atoms with Gasteiger partial charge in [0, 0.05) is 27.5 Å². The van der Waals surface area contributed by atoms with Crippen molar-refractivity contribution in [2.45, 2.75) is 0 Å². The van der Waals surface area contributed by atoms with Crippen LogP contribution in [0.2, 0.25) is 0 Å². The molecule has 0 radical (unpaired) electrons. The van der Waals surface area contributed by atoms with Gasteiger partial charge in [-0.3, -0.25) is 0 Å². The summed E-state index contributed by atoms with van der Waals surface area (Å²) in [5, 5.41) is 6.76. The van der Waals surface area contributed by atoms with Gasteiger partial charge in [0.2, 0.25) is 0 Å². The molecule has 0 saturated heterocycles. The van der Waals surface area contributed by atoms with Gasteiger partial charge in [-0.05, 0) is 75.1 Å². The lowest BCUT2D eigenvalue weighted by molar-refractivity contribution is 0.669. The van der Waals surface area contributed by atoms with Gasteiger partial charge in [0.15, 0.2) is 17.5 Å². The molecule has 0 aliphatic heterocycles. The van der Waals surface area contributed by atoms with E-state index in [0.717, 1.165) is 60.5 Å². The first-order valence-electron chi connectivity index (χ1n) is 15.0. The first-order valence-corrected chi connectivity index (χ1v) is 15.0. The smallest absolute Gasteiger partial charge is 0.164 e. The third-order valence-corrected chi connectivity index (χ3v) is 8.47. The van der Waals surface area contributed by atoms with Gasteiger partial charge in [0.05, 0.1) is 0 Å². The number of benzene rings is 7. The Labute approximate surface area is 259 Å². The molecule has 4 heteroatoms. The molecule has 210 valence electrons. The lowest BCUT2D eigenvalue weighted by Gasteiger charge is -2.10. The summed E-state index contributed by atoms with van der Waals surface area (Å²) in [5.74, 6) is 1.88. The summed E-state index contributed by atoms with van der Waals surface area (Å²) < 4.78 is 6.28. The summed E-state index contributed by atoms with van der Waals surface area (Å²) in [6, 6.07) is 52.3. The summed E-state index contributed by atoms with van der Waals surface area (Å²) in [5.41, 5.74) is 6.75. The van der Waals surface area contributed by atoms with Crippen LogP contribution in [0.3, 0.4) is 0 Å². The predicted molar refractivity (Wildman–Crippen MR) is 184 cm³/mol. The number of nitrogens with zero attached hydrogens (tertiary/aromatic N) is 3. The van der Waals surface area contributed by atoms with E-state index in [-0.39, 0.29) is 0 Å². The van der Waals surface area contributed by atoms with Crippen LogP contribution in [0.5, 0.6) is 0 Å². The molecule has 0 aliphatic carbocycles. The van der Waals surface area contributed by atoms with Crippen molar-refractivity contribution in [2.75, 3.05) is 0 Å². The SMILES string of the molecule is c1ccc(-c2cccc(-c3nc(-c4ccc5ccccc5c4)nc(-c4ccc5oc6cc7ccccc7cc6c5c4)n3)c2)cc1. The van der Waals surface area contributed by atoms with Crippen molar-refractivity contribution < 1.29 is 4.42 Å². The zero-order valence-electron chi connectivity index (χ0n) is 24.2. The fourth-order valence-corrected chi connectivity index (χ4v) is 6.16. The minimum atomic E-state index is 0.616. The van der Waals surface area contributed by atoms with Gasteiger partial charge in [-0.15, -0.1) is 0 Å². The Bertz CT molecular complexity index is 2550. The van der Waals surface area contributed by atoms with Gasteiger partial charge in [0.25, 0.3) is 0 Å². The minimum Gasteiger partial charge on any atom is -0.456 e. The summed E-state index contributed by atoms with van der Waals surface area (Å²) >= 11 is 0. The molecule has 2 aromatic heterocycles. The number of fused-ring (bicyclic) bond motifs is 5. The Kier molecular flexibility index (Phi) is 5.78. The van der Waals surface area contributed by atoms with Gasteiger partial charge in [-0.25, -0.2) is 15.0 Å². The van der Waals surface area contributed by atoms with Crippen molar-refractivity contribution in [3.05, 3.63) is 152 Å². The van der Waals surface area contributed by atoms with Gasteiger partial charge < -0.3 is 4.42 Å². The van der Waals surface area contributed by atoms with Crippen LogP contribution in [0.4, 0.5) is 0 Å². The van der Waals surface area contributed by atoms with Gasteiger partial charge >= 0.3 is 0 Å². The second-order valence-electron chi connectivity index (χ2n) is 11.3. The molecule has 0 unspecified atom stereocenters. The molecule has 0 bridgehead atoms. The molecule has 0 atom stereocenters. The lowest BCUT2D eigenvalue weighted by atomic mass is 10.0. The molecule has 0 saturated carbocycles. The van der Waals surface area contributed by atoms with Gasteiger partial charge in [-0.1, -0.05) is 109 Å². The quantitative estimate of drug-likeness (QED) is 0.209. The third kappa shape index (κ3) is 4.52.